The highest BCUT2D eigenvalue weighted by Crippen LogP contribution is 2.59. The predicted octanol–water partition coefficient (Wildman–Crippen LogP) is 6.95. The van der Waals surface area contributed by atoms with Crippen LogP contribution in [0.15, 0.2) is 84.4 Å². The SMILES string of the molecule is Cc1ncsc1-c1ccc([C@H](C)NC(=O)[C@@H]2C[C@@H](O)CN2C(=O)[C@@H](NC(=O)CCCCNC(=O)CO[C@H]2C[C@@H](C(=O)N3CCO[C@H](c4ccccc4)C3)N(C(=O)[C@@H](NC(=O)c3cc4cc(C(F)(F)P(=O)(O)O)ccc4s3)C(C)(C)C)C2)C(C)(C)C)cc1. The maximum absolute atomic E-state index is 14.9. The van der Waals surface area contributed by atoms with E-state index in [2.05, 4.69) is 26.3 Å². The summed E-state index contributed by atoms with van der Waals surface area (Å²) in [7, 11) is -5.88. The van der Waals surface area contributed by atoms with Crippen molar-refractivity contribution in [2.45, 2.75) is 142 Å². The van der Waals surface area contributed by atoms with Crippen molar-refractivity contribution in [3.05, 3.63) is 112 Å². The number of rotatable bonds is 21. The van der Waals surface area contributed by atoms with Gasteiger partial charge in [0.2, 0.25) is 35.4 Å². The molecule has 470 valence electrons. The van der Waals surface area contributed by atoms with E-state index in [0.29, 0.717) is 17.5 Å². The number of unbranched alkanes of at least 4 members (excludes halogenated alkanes) is 1. The second kappa shape index (κ2) is 27.4. The number of thiazole rings is 1. The number of carbonyl (C=O) groups is 7. The van der Waals surface area contributed by atoms with E-state index in [9.17, 15) is 61.8 Å². The highest BCUT2D eigenvalue weighted by molar-refractivity contribution is 7.52. The van der Waals surface area contributed by atoms with Gasteiger partial charge in [-0.25, -0.2) is 4.98 Å². The Hall–Kier alpha value is -6.57. The minimum atomic E-state index is -5.88. The van der Waals surface area contributed by atoms with Crippen molar-refractivity contribution >= 4 is 81.7 Å². The van der Waals surface area contributed by atoms with E-state index >= 15 is 0 Å². The summed E-state index contributed by atoms with van der Waals surface area (Å²) >= 11 is 2.47. The summed E-state index contributed by atoms with van der Waals surface area (Å²) in [6.45, 7) is 14.5. The van der Waals surface area contributed by atoms with E-state index < -0.39 is 120 Å². The fourth-order valence-corrected chi connectivity index (χ4v) is 13.2. The van der Waals surface area contributed by atoms with Crippen LogP contribution < -0.4 is 21.3 Å². The molecular formula is C61H77F2N8O13PS2. The summed E-state index contributed by atoms with van der Waals surface area (Å²) in [6.07, 6.45) is -1.43. The lowest BCUT2D eigenvalue weighted by Crippen LogP contribution is -2.58. The number of nitrogens with one attached hydrogen (secondary N) is 4. The number of likely N-dealkylation sites (tertiary alicyclic amines) is 2. The van der Waals surface area contributed by atoms with E-state index in [1.165, 1.54) is 21.9 Å². The number of benzene rings is 3. The van der Waals surface area contributed by atoms with Crippen molar-refractivity contribution in [2.75, 3.05) is 45.9 Å². The van der Waals surface area contributed by atoms with E-state index in [-0.39, 0.29) is 74.8 Å². The van der Waals surface area contributed by atoms with Crippen LogP contribution in [0.1, 0.15) is 125 Å². The molecule has 7 N–H and O–H groups in total. The molecule has 0 aliphatic carbocycles. The van der Waals surface area contributed by atoms with Gasteiger partial charge in [-0.3, -0.25) is 38.1 Å². The average molecular weight is 1260 g/mol. The van der Waals surface area contributed by atoms with Crippen LogP contribution in [0.2, 0.25) is 0 Å². The quantitative estimate of drug-likeness (QED) is 0.0289. The second-order valence-electron chi connectivity index (χ2n) is 24.6. The van der Waals surface area contributed by atoms with Crippen molar-refractivity contribution < 1.29 is 71.3 Å². The van der Waals surface area contributed by atoms with Crippen molar-refractivity contribution in [3.63, 3.8) is 0 Å². The Kier molecular flexibility index (Phi) is 20.9. The fraction of sp³-hybridized carbons (Fsp3) is 0.508. The van der Waals surface area contributed by atoms with Gasteiger partial charge in [0.15, 0.2) is 0 Å². The number of halogens is 2. The molecule has 21 nitrogen and oxygen atoms in total. The number of carbonyl (C=O) groups excluding carboxylic acids is 7. The summed E-state index contributed by atoms with van der Waals surface area (Å²) in [6, 6.07) is 16.7. The summed E-state index contributed by atoms with van der Waals surface area (Å²) < 4.78 is 53.4. The second-order valence-corrected chi connectivity index (χ2v) is 28.2. The molecule has 87 heavy (non-hydrogen) atoms. The van der Waals surface area contributed by atoms with Crippen LogP contribution in [-0.2, 0) is 48.5 Å². The van der Waals surface area contributed by atoms with Gasteiger partial charge in [0.25, 0.3) is 5.91 Å². The molecule has 8 atom stereocenters. The zero-order valence-electron chi connectivity index (χ0n) is 49.9. The third-order valence-corrected chi connectivity index (χ3v) is 19.0. The Labute approximate surface area is 512 Å². The molecule has 26 heteroatoms. The molecule has 3 aliphatic rings. The number of aromatic nitrogens is 1. The lowest BCUT2D eigenvalue weighted by molar-refractivity contribution is -0.150. The van der Waals surface area contributed by atoms with Crippen molar-refractivity contribution in [2.24, 2.45) is 10.8 Å². The van der Waals surface area contributed by atoms with Crippen molar-refractivity contribution in [1.82, 2.24) is 41.0 Å². The Bertz CT molecular complexity index is 3370. The van der Waals surface area contributed by atoms with Gasteiger partial charge in [-0.15, -0.1) is 22.7 Å². The molecule has 3 saturated heterocycles. The molecule has 0 spiro atoms. The van der Waals surface area contributed by atoms with Gasteiger partial charge < -0.3 is 60.3 Å². The standard InChI is InChI=1S/C61H77F2N8O13PS2/c1-35(37-17-19-39(20-18-37)51-36(2)65-34-86-51)66-54(75)44-28-42(72)30-70(44)57(78)52(59(3,4)5)67-49(73)16-12-13-23-64-50(74)33-84-43-29-45(56(77)69-24-25-83-46(32-69)38-14-10-9-11-15-38)71(31-43)58(79)53(60(6,7)8)68-55(76)48-27-40-26-41(21-22-47(40)87-48)61(62,63)85(80,81)82/h9-11,14-15,17-22,26-27,34-35,42-46,52-53,72H,12-13,16,23-25,28-33H2,1-8H3,(H,64,74)(H,66,75)(H,67,73)(H,68,76)(H2,80,81,82)/t35-,42+,43-,44-,45-,46-,52+,53+/m0/s1. The molecule has 0 unspecified atom stereocenters. The van der Waals surface area contributed by atoms with E-state index in [0.717, 1.165) is 50.7 Å². The number of fused-ring (bicyclic) bond motifs is 1. The van der Waals surface area contributed by atoms with Crippen LogP contribution in [-0.4, -0.2) is 158 Å². The van der Waals surface area contributed by atoms with E-state index in [1.54, 1.807) is 63.3 Å². The van der Waals surface area contributed by atoms with Crippen LogP contribution in [0.25, 0.3) is 20.5 Å². The molecule has 3 aromatic carbocycles. The summed E-state index contributed by atoms with van der Waals surface area (Å²) in [4.78, 5) is 127. The number of aliphatic hydroxyl groups is 1. The van der Waals surface area contributed by atoms with Gasteiger partial charge in [0, 0.05) is 55.7 Å². The highest BCUT2D eigenvalue weighted by Gasteiger charge is 2.51. The highest BCUT2D eigenvalue weighted by atomic mass is 32.1. The Morgan fingerprint density at radius 2 is 1.48 bits per heavy atom. The van der Waals surface area contributed by atoms with Crippen LogP contribution >= 0.6 is 30.3 Å². The van der Waals surface area contributed by atoms with Crippen LogP contribution in [0.3, 0.4) is 0 Å². The van der Waals surface area contributed by atoms with Gasteiger partial charge in [0.1, 0.15) is 36.9 Å². The normalized spacial score (nSPS) is 20.4. The number of aliphatic hydroxyl groups excluding tert-OH is 1. The largest absolute Gasteiger partial charge is 0.399 e. The number of morpholine rings is 1. The summed E-state index contributed by atoms with van der Waals surface area (Å²) in [5.41, 5.74) is -1.71. The van der Waals surface area contributed by atoms with Crippen LogP contribution in [0, 0.1) is 17.8 Å². The van der Waals surface area contributed by atoms with E-state index in [1.807, 2.05) is 68.4 Å². The Morgan fingerprint density at radius 1 is 0.816 bits per heavy atom. The predicted molar refractivity (Wildman–Crippen MR) is 323 cm³/mol. The monoisotopic (exact) mass is 1260 g/mol. The molecule has 3 fully saturated rings. The number of hydrogen-bond donors (Lipinski definition) is 7. The molecule has 2 aromatic heterocycles. The van der Waals surface area contributed by atoms with Gasteiger partial charge in [-0.05, 0) is 77.8 Å². The van der Waals surface area contributed by atoms with Gasteiger partial charge in [-0.2, -0.15) is 8.78 Å². The Morgan fingerprint density at radius 3 is 2.13 bits per heavy atom. The minimum Gasteiger partial charge on any atom is -0.391 e. The van der Waals surface area contributed by atoms with Crippen molar-refractivity contribution in [1.29, 1.82) is 0 Å². The molecule has 5 aromatic rings. The third kappa shape index (κ3) is 16.0. The maximum atomic E-state index is 14.9. The zero-order valence-corrected chi connectivity index (χ0v) is 52.4. The first-order chi connectivity index (χ1) is 40.9. The molecule has 8 rings (SSSR count). The number of aryl methyl sites for hydroxylation is 1. The lowest BCUT2D eigenvalue weighted by Gasteiger charge is -2.38. The minimum absolute atomic E-state index is 0.0105. The average Bonchev–Trinajstić information content (AvgIpc) is 1.94. The number of nitrogens with zero attached hydrogens (tertiary/aromatic N) is 4. The van der Waals surface area contributed by atoms with Gasteiger partial charge >= 0.3 is 13.3 Å². The number of thiophene rings is 1. The first kappa shape index (κ1) is 66.4. The molecule has 7 amide bonds. The molecule has 0 radical (unpaired) electrons. The molecular weight excluding hydrogens is 1190 g/mol. The first-order valence-electron chi connectivity index (χ1n) is 28.9. The van der Waals surface area contributed by atoms with Crippen LogP contribution in [0.5, 0.6) is 0 Å². The fourth-order valence-electron chi connectivity index (χ4n) is 11.0. The molecule has 0 saturated carbocycles. The van der Waals surface area contributed by atoms with Crippen LogP contribution in [0.4, 0.5) is 8.78 Å². The lowest BCUT2D eigenvalue weighted by atomic mass is 9.85. The summed E-state index contributed by atoms with van der Waals surface area (Å²) in [5, 5.41) is 22.3. The molecule has 3 aliphatic heterocycles. The van der Waals surface area contributed by atoms with E-state index in [4.69, 9.17) is 9.47 Å². The first-order valence-corrected chi connectivity index (χ1v) is 32.2. The third-order valence-electron chi connectivity index (χ3n) is 15.9. The molecule has 0 bridgehead atoms. The van der Waals surface area contributed by atoms with Crippen molar-refractivity contribution in [3.8, 4) is 10.4 Å². The molecule has 5 heterocycles. The van der Waals surface area contributed by atoms with Gasteiger partial charge in [0.05, 0.1) is 52.4 Å². The number of β-amino-alcohol motifs (C(OH)–C–C–N with tert-alkyl or cyclic N) is 1. The number of amides is 7. The number of alkyl halides is 2. The maximum Gasteiger partial charge on any atom is 0.399 e. The smallest absolute Gasteiger partial charge is 0.391 e. The number of ether oxygens (including phenoxy) is 2. The summed E-state index contributed by atoms with van der Waals surface area (Å²) in [5.74, 6) is -3.56. The Balaban J connectivity index is 0.852. The topological polar surface area (TPSA) is 286 Å². The zero-order chi connectivity index (χ0) is 63.3. The van der Waals surface area contributed by atoms with Gasteiger partial charge in [-0.1, -0.05) is 102 Å². The number of hydrogen-bond acceptors (Lipinski definition) is 14.